The average Bonchev–Trinajstić information content (AvgIpc) is 2.70. The van der Waals surface area contributed by atoms with Gasteiger partial charge >= 0.3 is 0 Å². The predicted octanol–water partition coefficient (Wildman–Crippen LogP) is 6.64. The highest BCUT2D eigenvalue weighted by atomic mass is 16.5. The Kier molecular flexibility index (Phi) is 3.50. The van der Waals surface area contributed by atoms with Crippen LogP contribution in [0.25, 0.3) is 21.5 Å². The van der Waals surface area contributed by atoms with Gasteiger partial charge in [0, 0.05) is 0 Å². The van der Waals surface area contributed by atoms with Crippen LogP contribution in [0, 0.1) is 17.8 Å². The molecule has 0 amide bonds. The summed E-state index contributed by atoms with van der Waals surface area (Å²) in [6, 6.07) is 19.7. The molecule has 3 unspecified atom stereocenters. The quantitative estimate of drug-likeness (QED) is 0.377. The zero-order chi connectivity index (χ0) is 18.0. The minimum Gasteiger partial charge on any atom is -0.369 e. The summed E-state index contributed by atoms with van der Waals surface area (Å²) in [4.78, 5) is 0. The Balaban J connectivity index is 1.35. The zero-order valence-electron chi connectivity index (χ0n) is 15.9. The van der Waals surface area contributed by atoms with Crippen LogP contribution in [-0.4, -0.2) is 6.10 Å². The fourth-order valence-electron chi connectivity index (χ4n) is 6.21. The summed E-state index contributed by atoms with van der Waals surface area (Å²) in [5.74, 6) is 2.74. The molecule has 5 aliphatic carbocycles. The second-order valence-corrected chi connectivity index (χ2v) is 8.90. The Hall–Kier alpha value is -2.12. The van der Waals surface area contributed by atoms with E-state index in [9.17, 15) is 0 Å². The molecule has 136 valence electrons. The van der Waals surface area contributed by atoms with E-state index in [1.54, 1.807) is 11.1 Å². The molecular weight excluding hydrogens is 328 g/mol. The molecule has 0 aliphatic heterocycles. The van der Waals surface area contributed by atoms with Crippen molar-refractivity contribution in [3.8, 4) is 0 Å². The lowest BCUT2D eigenvalue weighted by molar-refractivity contribution is 0.0488. The molecule has 0 heterocycles. The van der Waals surface area contributed by atoms with Gasteiger partial charge in [0.05, 0.1) is 12.7 Å². The van der Waals surface area contributed by atoms with Crippen molar-refractivity contribution >= 4 is 21.5 Å². The van der Waals surface area contributed by atoms with E-state index in [4.69, 9.17) is 4.74 Å². The van der Waals surface area contributed by atoms with E-state index in [0.29, 0.717) is 6.61 Å². The second-order valence-electron chi connectivity index (χ2n) is 8.90. The normalized spacial score (nSPS) is 27.2. The highest BCUT2D eigenvalue weighted by molar-refractivity contribution is 6.02. The van der Waals surface area contributed by atoms with Gasteiger partial charge in [-0.3, -0.25) is 0 Å². The van der Waals surface area contributed by atoms with Crippen molar-refractivity contribution in [2.24, 2.45) is 17.8 Å². The maximum atomic E-state index is 6.55. The van der Waals surface area contributed by atoms with Crippen molar-refractivity contribution in [3.63, 3.8) is 0 Å². The molecule has 1 nitrogen and oxygen atoms in total. The third-order valence-corrected chi connectivity index (χ3v) is 7.41. The number of ether oxygens (including phenoxy) is 1. The van der Waals surface area contributed by atoms with Gasteiger partial charge in [-0.1, -0.05) is 54.1 Å². The molecule has 4 bridgehead atoms. The largest absolute Gasteiger partial charge is 0.369 e. The van der Waals surface area contributed by atoms with E-state index < -0.39 is 0 Å². The minimum atomic E-state index is 0.256. The van der Waals surface area contributed by atoms with Gasteiger partial charge in [0.1, 0.15) is 0 Å². The number of fused-ring (bicyclic) bond motifs is 3. The van der Waals surface area contributed by atoms with Crippen LogP contribution in [0.4, 0.5) is 0 Å². The van der Waals surface area contributed by atoms with Crippen LogP contribution >= 0.6 is 0 Å². The zero-order valence-corrected chi connectivity index (χ0v) is 15.9. The van der Waals surface area contributed by atoms with Crippen LogP contribution < -0.4 is 0 Å². The second kappa shape index (κ2) is 5.94. The smallest absolute Gasteiger partial charge is 0.0764 e. The topological polar surface area (TPSA) is 9.23 Å². The first kappa shape index (κ1) is 15.9. The summed E-state index contributed by atoms with van der Waals surface area (Å²) >= 11 is 0. The number of hydrogen-bond donors (Lipinski definition) is 0. The highest BCUT2D eigenvalue weighted by Gasteiger charge is 2.48. The van der Waals surface area contributed by atoms with Crippen LogP contribution in [0.3, 0.4) is 0 Å². The van der Waals surface area contributed by atoms with E-state index in [0.717, 1.165) is 17.8 Å². The highest BCUT2D eigenvalue weighted by Crippen LogP contribution is 2.60. The third kappa shape index (κ3) is 2.41. The van der Waals surface area contributed by atoms with Gasteiger partial charge in [0.25, 0.3) is 0 Å². The Bertz CT molecular complexity index is 1010. The molecule has 3 aromatic carbocycles. The Morgan fingerprint density at radius 2 is 1.52 bits per heavy atom. The first-order valence-corrected chi connectivity index (χ1v) is 10.5. The molecule has 0 N–H and O–H groups in total. The summed E-state index contributed by atoms with van der Waals surface area (Å²) < 4.78 is 6.55. The van der Waals surface area contributed by atoms with Crippen LogP contribution in [-0.2, 0) is 11.3 Å². The maximum absolute atomic E-state index is 6.55. The molecule has 1 heteroatoms. The summed E-state index contributed by atoms with van der Waals surface area (Å²) in [6.45, 7) is 2.98. The molecular formula is C26H26O. The molecule has 0 aromatic heterocycles. The van der Waals surface area contributed by atoms with Crippen LogP contribution in [0.15, 0.2) is 65.7 Å². The Morgan fingerprint density at radius 3 is 2.15 bits per heavy atom. The third-order valence-electron chi connectivity index (χ3n) is 7.41. The van der Waals surface area contributed by atoms with E-state index in [1.165, 1.54) is 52.8 Å². The van der Waals surface area contributed by atoms with Gasteiger partial charge in [0.2, 0.25) is 0 Å². The molecule has 0 spiro atoms. The fourth-order valence-corrected chi connectivity index (χ4v) is 6.21. The Morgan fingerprint density at radius 1 is 0.889 bits per heavy atom. The molecule has 8 rings (SSSR count). The van der Waals surface area contributed by atoms with Gasteiger partial charge in [-0.15, -0.1) is 0 Å². The van der Waals surface area contributed by atoms with E-state index in [1.807, 2.05) is 0 Å². The summed E-state index contributed by atoms with van der Waals surface area (Å²) in [6.07, 6.45) is 5.91. The number of rotatable bonds is 4. The first-order valence-electron chi connectivity index (χ1n) is 10.5. The predicted molar refractivity (Wildman–Crippen MR) is 112 cm³/mol. The molecule has 5 aliphatic rings. The van der Waals surface area contributed by atoms with Gasteiger partial charge < -0.3 is 4.74 Å². The molecule has 3 aromatic rings. The molecule has 3 atom stereocenters. The van der Waals surface area contributed by atoms with Crippen molar-refractivity contribution in [2.75, 3.05) is 0 Å². The lowest BCUT2D eigenvalue weighted by atomic mass is 9.51. The van der Waals surface area contributed by atoms with Gasteiger partial charge in [-0.2, -0.15) is 0 Å². The number of benzene rings is 3. The van der Waals surface area contributed by atoms with Crippen molar-refractivity contribution in [1.29, 1.82) is 0 Å². The molecule has 0 saturated heterocycles. The van der Waals surface area contributed by atoms with Crippen LogP contribution in [0.5, 0.6) is 0 Å². The summed E-state index contributed by atoms with van der Waals surface area (Å²) in [7, 11) is 0. The lowest BCUT2D eigenvalue weighted by Gasteiger charge is -2.54. The van der Waals surface area contributed by atoms with E-state index in [-0.39, 0.29) is 6.10 Å². The first-order chi connectivity index (χ1) is 13.3. The van der Waals surface area contributed by atoms with Crippen molar-refractivity contribution in [2.45, 2.75) is 45.3 Å². The summed E-state index contributed by atoms with van der Waals surface area (Å²) in [5, 5.41) is 5.27. The molecule has 0 radical (unpaired) electrons. The fraction of sp³-hybridized carbons (Fsp3) is 0.385. The minimum absolute atomic E-state index is 0.256. The number of hydrogen-bond acceptors (Lipinski definition) is 1. The maximum Gasteiger partial charge on any atom is 0.0764 e. The molecule has 3 fully saturated rings. The average molecular weight is 354 g/mol. The van der Waals surface area contributed by atoms with Crippen LogP contribution in [0.2, 0.25) is 0 Å². The van der Waals surface area contributed by atoms with Gasteiger partial charge in [-0.25, -0.2) is 0 Å². The van der Waals surface area contributed by atoms with Crippen molar-refractivity contribution in [3.05, 3.63) is 71.3 Å². The van der Waals surface area contributed by atoms with E-state index >= 15 is 0 Å². The van der Waals surface area contributed by atoms with Gasteiger partial charge in [-0.05, 0) is 89.1 Å². The van der Waals surface area contributed by atoms with Crippen LogP contribution in [0.1, 0.15) is 38.2 Å². The SMILES string of the molecule is CC(OCc1c2ccccc2cc2ccccc12)C1=C2C3CC(C1)CC2C3. The van der Waals surface area contributed by atoms with Gasteiger partial charge in [0.15, 0.2) is 0 Å². The van der Waals surface area contributed by atoms with Crippen molar-refractivity contribution in [1.82, 2.24) is 0 Å². The summed E-state index contributed by atoms with van der Waals surface area (Å²) in [5.41, 5.74) is 4.79. The molecule has 3 saturated carbocycles. The monoisotopic (exact) mass is 354 g/mol. The molecule has 27 heavy (non-hydrogen) atoms. The lowest BCUT2D eigenvalue weighted by Crippen LogP contribution is -2.44. The van der Waals surface area contributed by atoms with E-state index in [2.05, 4.69) is 61.5 Å². The van der Waals surface area contributed by atoms with Crippen molar-refractivity contribution < 1.29 is 4.74 Å². The standard InChI is InChI=1S/C26H26O/c1-16(24-12-17-10-20-14-21(11-17)26(20)24)27-15-25-22-8-4-2-6-18(22)13-19-7-3-5-9-23(19)25/h2-9,13,16-17,20-21H,10-12,14-15H2,1H3. The Labute approximate surface area is 161 Å². The number of allylic oxidation sites excluding steroid dienone is 1.